The van der Waals surface area contributed by atoms with Crippen molar-refractivity contribution in [1.82, 2.24) is 9.13 Å². The van der Waals surface area contributed by atoms with Gasteiger partial charge in [0.25, 0.3) is 0 Å². The Hall–Kier alpha value is -7.36. The predicted molar refractivity (Wildman–Crippen MR) is 239 cm³/mol. The predicted octanol–water partition coefficient (Wildman–Crippen LogP) is 13.0. The van der Waals surface area contributed by atoms with Gasteiger partial charge in [-0.3, -0.25) is 0 Å². The number of hydrogen-bond acceptors (Lipinski definition) is 1. The Kier molecular flexibility index (Phi) is 7.05. The third-order valence-corrected chi connectivity index (χ3v) is 11.9. The molecule has 12 rings (SSSR count). The lowest BCUT2D eigenvalue weighted by atomic mass is 10.00. The van der Waals surface area contributed by atoms with Crippen molar-refractivity contribution in [2.75, 3.05) is 0 Å². The first kappa shape index (κ1) is 31.9. The Bertz CT molecular complexity index is 3510. The van der Waals surface area contributed by atoms with Gasteiger partial charge in [-0.25, -0.2) is 0 Å². The number of rotatable bonds is 5. The average molecular weight is 729 g/mol. The molecule has 3 nitrogen and oxygen atoms in total. The normalized spacial score (nSPS) is 12.7. The van der Waals surface area contributed by atoms with E-state index in [0.29, 0.717) is 0 Å². The van der Waals surface area contributed by atoms with E-state index in [4.69, 9.17) is 4.42 Å². The fraction of sp³-hybridized carbons (Fsp3) is 0.0370. The Morgan fingerprint density at radius 3 is 1.56 bits per heavy atom. The summed E-state index contributed by atoms with van der Waals surface area (Å²) < 4.78 is 11.6. The highest BCUT2D eigenvalue weighted by atomic mass is 16.3. The highest BCUT2D eigenvalue weighted by Crippen LogP contribution is 2.41. The Balaban J connectivity index is 1.07. The largest absolute Gasteiger partial charge is 0.454 e. The summed E-state index contributed by atoms with van der Waals surface area (Å²) in [6, 6.07) is 66.3. The summed E-state index contributed by atoms with van der Waals surface area (Å²) in [4.78, 5) is 0. The summed E-state index contributed by atoms with van der Waals surface area (Å²) in [6.07, 6.45) is 6.61. The summed E-state index contributed by atoms with van der Waals surface area (Å²) >= 11 is 0. The molecule has 0 saturated carbocycles. The molecular weight excluding hydrogens is 693 g/mol. The maximum Gasteiger partial charge on any atom is 0.159 e. The third-order valence-electron chi connectivity index (χ3n) is 11.9. The van der Waals surface area contributed by atoms with Gasteiger partial charge in [-0.1, -0.05) is 133 Å². The van der Waals surface area contributed by atoms with E-state index in [0.717, 1.165) is 40.6 Å². The standard InChI is InChI=1S/C54H36N2O/c1-3-15-35(16-4-1)39-33-46-43-22-10-14-26-53(43)57-54(46)52(34-39)56-49-25-13-9-21-42(49)45-32-38(28-30-51(45)56)37-27-29-50-44(31-37)41-20-8-12-24-48(41)55(50)47-23-11-7-19-40(47)36-17-5-2-6-18-36/h1-9,11-13,15-34H,10,14H2. The second-order valence-electron chi connectivity index (χ2n) is 15.2. The molecule has 268 valence electrons. The van der Waals surface area contributed by atoms with Crippen LogP contribution >= 0.6 is 0 Å². The molecule has 0 saturated heterocycles. The van der Waals surface area contributed by atoms with Crippen molar-refractivity contribution < 1.29 is 4.42 Å². The number of furan rings is 1. The number of fused-ring (bicyclic) bond motifs is 9. The van der Waals surface area contributed by atoms with Crippen LogP contribution in [0.2, 0.25) is 0 Å². The highest BCUT2D eigenvalue weighted by Gasteiger charge is 2.21. The van der Waals surface area contributed by atoms with Gasteiger partial charge < -0.3 is 13.6 Å². The molecule has 0 spiro atoms. The molecule has 0 aliphatic heterocycles. The fourth-order valence-electron chi connectivity index (χ4n) is 9.34. The number of para-hydroxylation sites is 3. The van der Waals surface area contributed by atoms with Crippen molar-refractivity contribution in [3.8, 4) is 44.8 Å². The zero-order chi connectivity index (χ0) is 37.5. The van der Waals surface area contributed by atoms with Gasteiger partial charge in [0.05, 0.1) is 33.4 Å². The van der Waals surface area contributed by atoms with Gasteiger partial charge in [0, 0.05) is 37.7 Å². The van der Waals surface area contributed by atoms with Gasteiger partial charge >= 0.3 is 0 Å². The Labute approximate surface area is 329 Å². The Morgan fingerprint density at radius 2 is 0.877 bits per heavy atom. The van der Waals surface area contributed by atoms with Gasteiger partial charge in [-0.2, -0.15) is 0 Å². The van der Waals surface area contributed by atoms with E-state index in [-0.39, 0.29) is 0 Å². The van der Waals surface area contributed by atoms with Gasteiger partial charge in [-0.05, 0) is 101 Å². The van der Waals surface area contributed by atoms with E-state index in [2.05, 4.69) is 203 Å². The summed E-state index contributed by atoms with van der Waals surface area (Å²) in [7, 11) is 0. The number of nitrogens with zero attached hydrogens (tertiary/aromatic N) is 2. The van der Waals surface area contributed by atoms with Crippen LogP contribution < -0.4 is 10.6 Å². The third kappa shape index (κ3) is 4.92. The SMILES string of the molecule is C1=c2oc3c(-n4c5ccccc5c5cc(-c6ccc7c(c6)c6ccccc6n7-c6ccccc6-c6ccccc6)ccc54)cc(-c4ccccc4)cc3c2=CCC1. The van der Waals surface area contributed by atoms with E-state index in [1.54, 1.807) is 0 Å². The first-order valence-corrected chi connectivity index (χ1v) is 19.8. The van der Waals surface area contributed by atoms with Crippen LogP contribution in [0.15, 0.2) is 186 Å². The molecule has 0 N–H and O–H groups in total. The van der Waals surface area contributed by atoms with Crippen LogP contribution in [-0.4, -0.2) is 9.13 Å². The van der Waals surface area contributed by atoms with Gasteiger partial charge in [0.15, 0.2) is 5.58 Å². The lowest BCUT2D eigenvalue weighted by Gasteiger charge is -2.14. The van der Waals surface area contributed by atoms with E-state index in [1.807, 2.05) is 0 Å². The lowest BCUT2D eigenvalue weighted by molar-refractivity contribution is 0.570. The molecule has 3 heteroatoms. The number of benzene rings is 8. The van der Waals surface area contributed by atoms with E-state index in [9.17, 15) is 0 Å². The minimum atomic E-state index is 0.927. The molecule has 0 unspecified atom stereocenters. The zero-order valence-corrected chi connectivity index (χ0v) is 31.2. The van der Waals surface area contributed by atoms with E-state index >= 15 is 0 Å². The minimum Gasteiger partial charge on any atom is -0.454 e. The van der Waals surface area contributed by atoms with Crippen molar-refractivity contribution in [2.45, 2.75) is 12.8 Å². The average Bonchev–Trinajstić information content (AvgIpc) is 3.94. The van der Waals surface area contributed by atoms with Crippen molar-refractivity contribution in [3.63, 3.8) is 0 Å². The quantitative estimate of drug-likeness (QED) is 0.173. The van der Waals surface area contributed by atoms with Crippen LogP contribution in [-0.2, 0) is 0 Å². The number of hydrogen-bond donors (Lipinski definition) is 0. The monoisotopic (exact) mass is 728 g/mol. The van der Waals surface area contributed by atoms with E-state index in [1.165, 1.54) is 82.3 Å². The van der Waals surface area contributed by atoms with Crippen molar-refractivity contribution in [2.24, 2.45) is 0 Å². The molecule has 3 aromatic heterocycles. The van der Waals surface area contributed by atoms with Crippen LogP contribution in [0.25, 0.3) is 111 Å². The first-order chi connectivity index (χ1) is 28.3. The first-order valence-electron chi connectivity index (χ1n) is 19.8. The van der Waals surface area contributed by atoms with Gasteiger partial charge in [0.1, 0.15) is 5.42 Å². The maximum absolute atomic E-state index is 6.76. The molecule has 57 heavy (non-hydrogen) atoms. The van der Waals surface area contributed by atoms with Crippen LogP contribution in [0.5, 0.6) is 0 Å². The Morgan fingerprint density at radius 1 is 0.351 bits per heavy atom. The molecule has 0 fully saturated rings. The molecule has 3 heterocycles. The zero-order valence-electron chi connectivity index (χ0n) is 31.2. The lowest BCUT2D eigenvalue weighted by Crippen LogP contribution is -2.22. The van der Waals surface area contributed by atoms with Crippen LogP contribution in [0, 0.1) is 0 Å². The maximum atomic E-state index is 6.76. The minimum absolute atomic E-state index is 0.927. The molecule has 11 aromatic rings. The summed E-state index contributed by atoms with van der Waals surface area (Å²) in [5.41, 5.74) is 16.0. The van der Waals surface area contributed by atoms with Gasteiger partial charge in [-0.15, -0.1) is 0 Å². The molecular formula is C54H36N2O. The smallest absolute Gasteiger partial charge is 0.159 e. The highest BCUT2D eigenvalue weighted by molar-refractivity contribution is 6.13. The van der Waals surface area contributed by atoms with Crippen molar-refractivity contribution >= 4 is 66.7 Å². The molecule has 1 aliphatic rings. The second-order valence-corrected chi connectivity index (χ2v) is 15.2. The second kappa shape index (κ2) is 12.6. The molecule has 0 bridgehead atoms. The summed E-state index contributed by atoms with van der Waals surface area (Å²) in [6.45, 7) is 0. The van der Waals surface area contributed by atoms with Crippen molar-refractivity contribution in [3.05, 3.63) is 193 Å². The molecule has 0 radical (unpaired) electrons. The van der Waals surface area contributed by atoms with Crippen LogP contribution in [0.3, 0.4) is 0 Å². The van der Waals surface area contributed by atoms with E-state index < -0.39 is 0 Å². The molecule has 8 aromatic carbocycles. The van der Waals surface area contributed by atoms with Crippen molar-refractivity contribution in [1.29, 1.82) is 0 Å². The topological polar surface area (TPSA) is 23.0 Å². The molecule has 0 atom stereocenters. The van der Waals surface area contributed by atoms with Crippen LogP contribution in [0.4, 0.5) is 0 Å². The molecule has 0 amide bonds. The summed E-state index contributed by atoms with van der Waals surface area (Å²) in [5, 5.41) is 7.29. The summed E-state index contributed by atoms with van der Waals surface area (Å²) in [5.74, 6) is 0. The van der Waals surface area contributed by atoms with Crippen LogP contribution in [0.1, 0.15) is 12.8 Å². The van der Waals surface area contributed by atoms with Gasteiger partial charge in [0.2, 0.25) is 0 Å². The fourth-order valence-corrected chi connectivity index (χ4v) is 9.34. The number of aromatic nitrogens is 2. The molecule has 1 aliphatic carbocycles.